The number of aromatic nitrogens is 5. The van der Waals surface area contributed by atoms with E-state index >= 15 is 0 Å². The number of benzene rings is 2. The maximum Gasteiger partial charge on any atom is 0.348 e. The first-order valence-corrected chi connectivity index (χ1v) is 10.9. The SMILES string of the molecule is Cn1cc(-c2n[nH]c(=O)n2-c2cn([C@H]3C=C[C@@H](N=[N+]=[N-])C3)c3ccc(F)cc23)c2cc(F)ccc21. The summed E-state index contributed by atoms with van der Waals surface area (Å²) in [6.45, 7) is 0. The molecule has 0 bridgehead atoms. The van der Waals surface area contributed by atoms with Crippen molar-refractivity contribution in [2.45, 2.75) is 18.5 Å². The number of azide groups is 1. The second-order valence-electron chi connectivity index (χ2n) is 8.55. The summed E-state index contributed by atoms with van der Waals surface area (Å²) >= 11 is 0. The smallest absolute Gasteiger partial charge is 0.348 e. The van der Waals surface area contributed by atoms with Crippen LogP contribution in [-0.2, 0) is 7.05 Å². The fraction of sp³-hybridized carbons (Fsp3) is 0.167. The third-order valence-electron chi connectivity index (χ3n) is 6.48. The highest BCUT2D eigenvalue weighted by Gasteiger charge is 2.25. The van der Waals surface area contributed by atoms with Gasteiger partial charge in [0.15, 0.2) is 5.82 Å². The molecule has 0 saturated heterocycles. The number of nitrogens with one attached hydrogen (secondary N) is 1. The minimum atomic E-state index is -0.509. The fourth-order valence-electron chi connectivity index (χ4n) is 4.92. The molecule has 6 rings (SSSR count). The molecule has 1 aliphatic rings. The zero-order valence-corrected chi connectivity index (χ0v) is 18.4. The van der Waals surface area contributed by atoms with Gasteiger partial charge in [0.05, 0.1) is 23.3 Å². The summed E-state index contributed by atoms with van der Waals surface area (Å²) < 4.78 is 33.6. The summed E-state index contributed by atoms with van der Waals surface area (Å²) in [5.74, 6) is -0.574. The molecule has 0 amide bonds. The van der Waals surface area contributed by atoms with Crippen molar-refractivity contribution in [3.8, 4) is 17.1 Å². The van der Waals surface area contributed by atoms with Gasteiger partial charge in [-0.15, -0.1) is 0 Å². The Morgan fingerprint density at radius 3 is 2.60 bits per heavy atom. The van der Waals surface area contributed by atoms with E-state index in [4.69, 9.17) is 5.53 Å². The number of aromatic amines is 1. The van der Waals surface area contributed by atoms with E-state index in [1.54, 1.807) is 24.5 Å². The van der Waals surface area contributed by atoms with E-state index in [0.29, 0.717) is 34.0 Å². The van der Waals surface area contributed by atoms with Crippen molar-refractivity contribution in [2.75, 3.05) is 0 Å². The average molecular weight is 472 g/mol. The van der Waals surface area contributed by atoms with Crippen LogP contribution in [0.2, 0.25) is 0 Å². The van der Waals surface area contributed by atoms with Crippen molar-refractivity contribution in [2.24, 2.45) is 12.2 Å². The second-order valence-corrected chi connectivity index (χ2v) is 8.55. The molecule has 2 aromatic carbocycles. The van der Waals surface area contributed by atoms with Crippen LogP contribution in [0.3, 0.4) is 0 Å². The molecule has 35 heavy (non-hydrogen) atoms. The van der Waals surface area contributed by atoms with Gasteiger partial charge in [0, 0.05) is 46.2 Å². The molecular formula is C24H18F2N8O. The Hall–Kier alpha value is -4.63. The molecule has 0 unspecified atom stereocenters. The van der Waals surface area contributed by atoms with E-state index in [2.05, 4.69) is 20.2 Å². The average Bonchev–Trinajstić information content (AvgIpc) is 3.59. The number of aryl methyl sites for hydroxylation is 1. The van der Waals surface area contributed by atoms with E-state index < -0.39 is 17.3 Å². The van der Waals surface area contributed by atoms with Crippen LogP contribution in [0.25, 0.3) is 49.3 Å². The number of allylic oxidation sites excluding steroid dienone is 1. The van der Waals surface area contributed by atoms with Crippen LogP contribution in [-0.4, -0.2) is 29.9 Å². The molecule has 3 aromatic heterocycles. The van der Waals surface area contributed by atoms with E-state index in [9.17, 15) is 13.6 Å². The van der Waals surface area contributed by atoms with Crippen molar-refractivity contribution in [1.29, 1.82) is 0 Å². The van der Waals surface area contributed by atoms with Crippen LogP contribution < -0.4 is 5.69 Å². The predicted octanol–water partition coefficient (Wildman–Crippen LogP) is 5.13. The molecule has 1 N–H and O–H groups in total. The van der Waals surface area contributed by atoms with Gasteiger partial charge in [-0.1, -0.05) is 17.3 Å². The molecule has 0 radical (unpaired) electrons. The maximum absolute atomic E-state index is 14.4. The Morgan fingerprint density at radius 1 is 1.09 bits per heavy atom. The van der Waals surface area contributed by atoms with Crippen LogP contribution in [0, 0.1) is 11.6 Å². The Kier molecular flexibility index (Phi) is 4.61. The lowest BCUT2D eigenvalue weighted by Crippen LogP contribution is -2.15. The summed E-state index contributed by atoms with van der Waals surface area (Å²) in [5, 5.41) is 11.6. The van der Waals surface area contributed by atoms with E-state index in [-0.39, 0.29) is 17.9 Å². The van der Waals surface area contributed by atoms with Gasteiger partial charge in [0.2, 0.25) is 0 Å². The minimum absolute atomic E-state index is 0.148. The van der Waals surface area contributed by atoms with Gasteiger partial charge in [0.25, 0.3) is 0 Å². The lowest BCUT2D eigenvalue weighted by Gasteiger charge is -2.13. The number of fused-ring (bicyclic) bond motifs is 2. The molecule has 174 valence electrons. The maximum atomic E-state index is 14.4. The molecule has 1 aliphatic carbocycles. The highest BCUT2D eigenvalue weighted by Crippen LogP contribution is 2.36. The summed E-state index contributed by atoms with van der Waals surface area (Å²) in [7, 11) is 1.83. The van der Waals surface area contributed by atoms with Crippen molar-refractivity contribution in [1.82, 2.24) is 23.9 Å². The van der Waals surface area contributed by atoms with Crippen molar-refractivity contribution >= 4 is 21.8 Å². The first-order valence-electron chi connectivity index (χ1n) is 10.9. The van der Waals surface area contributed by atoms with Crippen LogP contribution in [0.15, 0.2) is 70.9 Å². The van der Waals surface area contributed by atoms with Gasteiger partial charge in [-0.3, -0.25) is 0 Å². The molecule has 3 heterocycles. The summed E-state index contributed by atoms with van der Waals surface area (Å²) in [6, 6.07) is 8.39. The lowest BCUT2D eigenvalue weighted by atomic mass is 10.1. The van der Waals surface area contributed by atoms with Crippen LogP contribution in [0.1, 0.15) is 12.5 Å². The molecule has 11 heteroatoms. The fourth-order valence-corrected chi connectivity index (χ4v) is 4.92. The number of hydrogen-bond donors (Lipinski definition) is 1. The van der Waals surface area contributed by atoms with Crippen LogP contribution >= 0.6 is 0 Å². The molecule has 2 atom stereocenters. The molecule has 0 saturated carbocycles. The van der Waals surface area contributed by atoms with Gasteiger partial charge < -0.3 is 9.13 Å². The van der Waals surface area contributed by atoms with Crippen LogP contribution in [0.4, 0.5) is 8.78 Å². The number of nitrogens with zero attached hydrogens (tertiary/aromatic N) is 7. The quantitative estimate of drug-likeness (QED) is 0.169. The van der Waals surface area contributed by atoms with Gasteiger partial charge >= 0.3 is 5.69 Å². The Bertz CT molecular complexity index is 1770. The summed E-state index contributed by atoms with van der Waals surface area (Å²) in [4.78, 5) is 15.9. The third-order valence-corrected chi connectivity index (χ3v) is 6.48. The highest BCUT2D eigenvalue weighted by atomic mass is 19.1. The zero-order valence-electron chi connectivity index (χ0n) is 18.4. The van der Waals surface area contributed by atoms with Crippen molar-refractivity contribution in [3.63, 3.8) is 0 Å². The van der Waals surface area contributed by atoms with Gasteiger partial charge in [-0.25, -0.2) is 23.2 Å². The standard InChI is InChI=1S/C24H18F2N8O/c1-32-11-19(17-8-13(25)2-6-20(17)32)23-29-30-24(35)34(23)22-12-33(16-5-4-15(10-16)28-31-27)21-7-3-14(26)9-18(21)22/h2-9,11-12,15-16H,10H2,1H3,(H,30,35)/t15-,16+/m1/s1. The third kappa shape index (κ3) is 3.24. The van der Waals surface area contributed by atoms with Crippen molar-refractivity contribution < 1.29 is 8.78 Å². The monoisotopic (exact) mass is 472 g/mol. The summed E-state index contributed by atoms with van der Waals surface area (Å²) in [5.41, 5.74) is 10.7. The molecule has 0 spiro atoms. The molecule has 5 aromatic rings. The molecule has 0 aliphatic heterocycles. The van der Waals surface area contributed by atoms with Gasteiger partial charge in [0.1, 0.15) is 11.6 Å². The molecular weight excluding hydrogens is 454 g/mol. The van der Waals surface area contributed by atoms with E-state index in [1.807, 2.05) is 28.3 Å². The van der Waals surface area contributed by atoms with E-state index in [1.165, 1.54) is 28.8 Å². The number of hydrogen-bond acceptors (Lipinski definition) is 3. The number of rotatable bonds is 4. The van der Waals surface area contributed by atoms with Gasteiger partial charge in [-0.2, -0.15) is 5.10 Å². The predicted molar refractivity (Wildman–Crippen MR) is 127 cm³/mol. The summed E-state index contributed by atoms with van der Waals surface area (Å²) in [6.07, 6.45) is 7.85. The lowest BCUT2D eigenvalue weighted by molar-refractivity contribution is 0.573. The van der Waals surface area contributed by atoms with E-state index in [0.717, 1.165) is 5.52 Å². The molecule has 9 nitrogen and oxygen atoms in total. The normalized spacial score (nSPS) is 17.5. The highest BCUT2D eigenvalue weighted by molar-refractivity contribution is 5.96. The molecule has 0 fully saturated rings. The number of halogens is 2. The number of H-pyrrole nitrogens is 1. The Morgan fingerprint density at radius 2 is 1.83 bits per heavy atom. The van der Waals surface area contributed by atoms with Crippen molar-refractivity contribution in [3.05, 3.63) is 93.5 Å². The Labute approximate surface area is 196 Å². The van der Waals surface area contributed by atoms with Crippen LogP contribution in [0.5, 0.6) is 0 Å². The Balaban J connectivity index is 1.59. The second kappa shape index (κ2) is 7.71. The topological polar surface area (TPSA) is 109 Å². The minimum Gasteiger partial charge on any atom is -0.350 e. The first-order chi connectivity index (χ1) is 16.9. The largest absolute Gasteiger partial charge is 0.350 e. The van der Waals surface area contributed by atoms with Gasteiger partial charge in [-0.05, 0) is 48.4 Å². The first kappa shape index (κ1) is 20.9. The zero-order chi connectivity index (χ0) is 24.3.